The van der Waals surface area contributed by atoms with Gasteiger partial charge in [-0.1, -0.05) is 72.3 Å². The topological polar surface area (TPSA) is 58.2 Å². The summed E-state index contributed by atoms with van der Waals surface area (Å²) in [6.45, 7) is 3.99. The van der Waals surface area contributed by atoms with Crippen molar-refractivity contribution in [3.8, 4) is 0 Å². The second-order valence-electron chi connectivity index (χ2n) is 8.60. The van der Waals surface area contributed by atoms with E-state index in [0.29, 0.717) is 10.7 Å². The van der Waals surface area contributed by atoms with E-state index in [9.17, 15) is 9.59 Å². The lowest BCUT2D eigenvalue weighted by atomic mass is 10.1. The maximum atomic E-state index is 13.5. The maximum absolute atomic E-state index is 13.5. The van der Waals surface area contributed by atoms with Gasteiger partial charge in [0.05, 0.1) is 6.42 Å². The van der Waals surface area contributed by atoms with Crippen LogP contribution in [0.1, 0.15) is 27.5 Å². The van der Waals surface area contributed by atoms with Crippen LogP contribution >= 0.6 is 23.4 Å². The highest BCUT2D eigenvalue weighted by molar-refractivity contribution is 8.00. The van der Waals surface area contributed by atoms with Crippen molar-refractivity contribution >= 4 is 46.6 Å². The molecule has 2 N–H and O–H groups in total. The van der Waals surface area contributed by atoms with Gasteiger partial charge in [-0.2, -0.15) is 0 Å². The van der Waals surface area contributed by atoms with Crippen LogP contribution in [0.3, 0.4) is 0 Å². The summed E-state index contributed by atoms with van der Waals surface area (Å²) >= 11 is 7.38. The molecular formula is C30H27ClN2O2S. The van der Waals surface area contributed by atoms with Crippen molar-refractivity contribution in [2.45, 2.75) is 30.4 Å². The van der Waals surface area contributed by atoms with E-state index < -0.39 is 5.25 Å². The van der Waals surface area contributed by atoms with Crippen LogP contribution in [0.15, 0.2) is 102 Å². The normalized spacial score (nSPS) is 11.5. The van der Waals surface area contributed by atoms with Crippen molar-refractivity contribution in [3.05, 3.63) is 124 Å². The summed E-state index contributed by atoms with van der Waals surface area (Å²) in [6, 6.07) is 30.5. The van der Waals surface area contributed by atoms with Crippen LogP contribution in [-0.4, -0.2) is 11.8 Å². The summed E-state index contributed by atoms with van der Waals surface area (Å²) in [5.74, 6) is -0.219. The van der Waals surface area contributed by atoms with Gasteiger partial charge in [-0.05, 0) is 72.5 Å². The summed E-state index contributed by atoms with van der Waals surface area (Å²) < 4.78 is 0. The van der Waals surface area contributed by atoms with E-state index in [2.05, 4.69) is 10.6 Å². The third-order valence-corrected chi connectivity index (χ3v) is 7.14. The summed E-state index contributed by atoms with van der Waals surface area (Å²) in [7, 11) is 0. The molecule has 0 saturated heterocycles. The van der Waals surface area contributed by atoms with Crippen molar-refractivity contribution in [3.63, 3.8) is 0 Å². The number of hydrogen-bond acceptors (Lipinski definition) is 3. The van der Waals surface area contributed by atoms with E-state index >= 15 is 0 Å². The zero-order valence-corrected chi connectivity index (χ0v) is 21.7. The van der Waals surface area contributed by atoms with Gasteiger partial charge in [-0.3, -0.25) is 9.59 Å². The molecule has 6 heteroatoms. The molecule has 0 heterocycles. The Bertz CT molecular complexity index is 1360. The standard InChI is InChI=1S/C30H27ClN2O2S/c1-20-11-12-21(2)27(17-20)33-30(35)29(23-7-4-3-5-8-23)36-26-10-6-9-25(19-26)32-28(34)18-22-13-15-24(31)16-14-22/h3-17,19,29H,18H2,1-2H3,(H,32,34)(H,33,35). The third-order valence-electron chi connectivity index (χ3n) is 5.64. The van der Waals surface area contributed by atoms with E-state index in [1.165, 1.54) is 11.8 Å². The van der Waals surface area contributed by atoms with Gasteiger partial charge in [-0.15, -0.1) is 11.8 Å². The molecule has 0 bridgehead atoms. The van der Waals surface area contributed by atoms with Crippen molar-refractivity contribution < 1.29 is 9.59 Å². The van der Waals surface area contributed by atoms with Gasteiger partial charge in [0.15, 0.2) is 0 Å². The molecule has 0 radical (unpaired) electrons. The minimum Gasteiger partial charge on any atom is -0.326 e. The summed E-state index contributed by atoms with van der Waals surface area (Å²) in [5.41, 5.74) is 5.38. The SMILES string of the molecule is Cc1ccc(C)c(NC(=O)C(Sc2cccc(NC(=O)Cc3ccc(Cl)cc3)c2)c2ccccc2)c1. The number of anilines is 2. The third kappa shape index (κ3) is 7.00. The number of halogens is 1. The molecule has 4 nitrogen and oxygen atoms in total. The lowest BCUT2D eigenvalue weighted by Crippen LogP contribution is -2.19. The first-order valence-corrected chi connectivity index (χ1v) is 12.9. The summed E-state index contributed by atoms with van der Waals surface area (Å²) in [6.07, 6.45) is 0.249. The molecule has 1 unspecified atom stereocenters. The summed E-state index contributed by atoms with van der Waals surface area (Å²) in [5, 5.41) is 6.24. The fourth-order valence-corrected chi connectivity index (χ4v) is 4.96. The molecule has 2 amide bonds. The van der Waals surface area contributed by atoms with Crippen LogP contribution in [0.2, 0.25) is 5.02 Å². The molecule has 1 atom stereocenters. The molecule has 4 aromatic rings. The second-order valence-corrected chi connectivity index (χ2v) is 10.2. The molecule has 0 aliphatic carbocycles. The number of benzene rings is 4. The molecule has 0 aromatic heterocycles. The van der Waals surface area contributed by atoms with Crippen molar-refractivity contribution in [2.75, 3.05) is 10.6 Å². The maximum Gasteiger partial charge on any atom is 0.242 e. The Kier molecular flexibility index (Phi) is 8.47. The van der Waals surface area contributed by atoms with E-state index in [1.807, 2.05) is 98.8 Å². The molecule has 0 saturated carbocycles. The average Bonchev–Trinajstić information content (AvgIpc) is 2.87. The van der Waals surface area contributed by atoms with Gasteiger partial charge in [0.25, 0.3) is 0 Å². The molecule has 0 aliphatic rings. The largest absolute Gasteiger partial charge is 0.326 e. The quantitative estimate of drug-likeness (QED) is 0.238. The molecule has 0 spiro atoms. The zero-order valence-electron chi connectivity index (χ0n) is 20.1. The van der Waals surface area contributed by atoms with Crippen molar-refractivity contribution in [1.29, 1.82) is 0 Å². The van der Waals surface area contributed by atoms with Gasteiger partial charge in [0.1, 0.15) is 5.25 Å². The number of aryl methyl sites for hydroxylation is 2. The molecule has 0 aliphatic heterocycles. The highest BCUT2D eigenvalue weighted by Gasteiger charge is 2.23. The number of carbonyl (C=O) groups excluding carboxylic acids is 2. The first-order chi connectivity index (χ1) is 17.4. The number of rotatable bonds is 8. The number of hydrogen-bond donors (Lipinski definition) is 2. The highest BCUT2D eigenvalue weighted by atomic mass is 35.5. The molecular weight excluding hydrogens is 488 g/mol. The van der Waals surface area contributed by atoms with Crippen LogP contribution in [0.5, 0.6) is 0 Å². The van der Waals surface area contributed by atoms with Crippen LogP contribution in [0.4, 0.5) is 11.4 Å². The molecule has 0 fully saturated rings. The Morgan fingerprint density at radius 2 is 1.58 bits per heavy atom. The second kappa shape index (κ2) is 11.9. The minimum atomic E-state index is -0.467. The van der Waals surface area contributed by atoms with Crippen molar-refractivity contribution in [2.24, 2.45) is 0 Å². The van der Waals surface area contributed by atoms with Gasteiger partial charge < -0.3 is 10.6 Å². The first-order valence-electron chi connectivity index (χ1n) is 11.6. The predicted molar refractivity (Wildman–Crippen MR) is 150 cm³/mol. The Morgan fingerprint density at radius 1 is 0.833 bits per heavy atom. The minimum absolute atomic E-state index is 0.0999. The fraction of sp³-hybridized carbons (Fsp3) is 0.133. The smallest absolute Gasteiger partial charge is 0.242 e. The lowest BCUT2D eigenvalue weighted by Gasteiger charge is -2.19. The lowest BCUT2D eigenvalue weighted by molar-refractivity contribution is -0.116. The predicted octanol–water partition coefficient (Wildman–Crippen LogP) is 7.61. The Labute approximate surface area is 221 Å². The van der Waals surface area contributed by atoms with Crippen LogP contribution in [-0.2, 0) is 16.0 Å². The van der Waals surface area contributed by atoms with E-state index in [4.69, 9.17) is 11.6 Å². The number of carbonyl (C=O) groups is 2. The molecule has 4 rings (SSSR count). The zero-order chi connectivity index (χ0) is 25.5. The highest BCUT2D eigenvalue weighted by Crippen LogP contribution is 2.37. The molecule has 182 valence electrons. The Balaban J connectivity index is 1.50. The average molecular weight is 515 g/mol. The van der Waals surface area contributed by atoms with Gasteiger partial charge in [0.2, 0.25) is 11.8 Å². The van der Waals surface area contributed by atoms with E-state index in [0.717, 1.165) is 32.8 Å². The van der Waals surface area contributed by atoms with Gasteiger partial charge >= 0.3 is 0 Å². The van der Waals surface area contributed by atoms with Gasteiger partial charge in [-0.25, -0.2) is 0 Å². The Morgan fingerprint density at radius 3 is 2.33 bits per heavy atom. The molecule has 36 heavy (non-hydrogen) atoms. The number of thioether (sulfide) groups is 1. The molecule has 4 aromatic carbocycles. The fourth-order valence-electron chi connectivity index (χ4n) is 3.75. The first kappa shape index (κ1) is 25.5. The van der Waals surface area contributed by atoms with Crippen molar-refractivity contribution in [1.82, 2.24) is 0 Å². The van der Waals surface area contributed by atoms with Gasteiger partial charge in [0, 0.05) is 21.3 Å². The van der Waals surface area contributed by atoms with Crippen LogP contribution < -0.4 is 10.6 Å². The van der Waals surface area contributed by atoms with E-state index in [-0.39, 0.29) is 18.2 Å². The van der Waals surface area contributed by atoms with Crippen LogP contribution in [0.25, 0.3) is 0 Å². The van der Waals surface area contributed by atoms with E-state index in [1.54, 1.807) is 12.1 Å². The van der Waals surface area contributed by atoms with Crippen LogP contribution in [0, 0.1) is 13.8 Å². The summed E-state index contributed by atoms with van der Waals surface area (Å²) in [4.78, 5) is 26.9. The monoisotopic (exact) mass is 514 g/mol. The number of nitrogens with one attached hydrogen (secondary N) is 2. The Hall–Kier alpha value is -3.54. The number of amides is 2.